The third-order valence-electron chi connectivity index (χ3n) is 3.05. The number of carbonyl (C=O) groups is 1. The molecule has 0 unspecified atom stereocenters. The summed E-state index contributed by atoms with van der Waals surface area (Å²) in [4.78, 5) is 21.8. The lowest BCUT2D eigenvalue weighted by Gasteiger charge is -2.16. The zero-order chi connectivity index (χ0) is 13.7. The minimum Gasteiger partial charge on any atom is -0.370 e. The van der Waals surface area contributed by atoms with Crippen LogP contribution in [0.1, 0.15) is 23.2 Å². The molecule has 2 rings (SSSR count). The molecule has 0 aromatic carbocycles. The van der Waals surface area contributed by atoms with E-state index in [0.717, 1.165) is 0 Å². The van der Waals surface area contributed by atoms with Gasteiger partial charge in [0.05, 0.1) is 12.1 Å². The van der Waals surface area contributed by atoms with Crippen molar-refractivity contribution in [3.63, 3.8) is 0 Å². The Morgan fingerprint density at radius 2 is 2.42 bits per heavy atom. The molecule has 1 aromatic rings. The molecular weight excluding hydrogens is 242 g/mol. The highest BCUT2D eigenvalue weighted by Crippen LogP contribution is 2.24. The number of nitrogens with zero attached hydrogens (tertiary/aromatic N) is 3. The van der Waals surface area contributed by atoms with Crippen LogP contribution < -0.4 is 11.1 Å². The Morgan fingerprint density at radius 3 is 3.05 bits per heavy atom. The van der Waals surface area contributed by atoms with E-state index < -0.39 is 0 Å². The third-order valence-corrected chi connectivity index (χ3v) is 3.05. The van der Waals surface area contributed by atoms with Crippen molar-refractivity contribution in [2.75, 3.05) is 20.1 Å². The molecule has 0 bridgehead atoms. The lowest BCUT2D eigenvalue weighted by Crippen LogP contribution is -2.36. The van der Waals surface area contributed by atoms with Crippen LogP contribution in [0.5, 0.6) is 0 Å². The second-order valence-electron chi connectivity index (χ2n) is 4.58. The fourth-order valence-corrected chi connectivity index (χ4v) is 1.70. The molecule has 1 aliphatic rings. The Labute approximate surface area is 112 Å². The first-order valence-electron chi connectivity index (χ1n) is 6.39. The summed E-state index contributed by atoms with van der Waals surface area (Å²) in [5, 5.41) is 2.78. The van der Waals surface area contributed by atoms with Gasteiger partial charge in [-0.05, 0) is 25.0 Å². The smallest absolute Gasteiger partial charge is 0.252 e. The van der Waals surface area contributed by atoms with Crippen LogP contribution in [0.3, 0.4) is 0 Å². The lowest BCUT2D eigenvalue weighted by atomic mass is 10.3. The minimum atomic E-state index is -0.141. The normalized spacial score (nSPS) is 15.1. The fraction of sp³-hybridized carbons (Fsp3) is 0.462. The number of amides is 1. The van der Waals surface area contributed by atoms with Crippen LogP contribution in [0, 0.1) is 0 Å². The molecule has 0 radical (unpaired) electrons. The molecule has 0 spiro atoms. The summed E-state index contributed by atoms with van der Waals surface area (Å²) in [5.74, 6) is 0.399. The second kappa shape index (κ2) is 6.17. The predicted octanol–water partition coefficient (Wildman–Crippen LogP) is 0.220. The lowest BCUT2D eigenvalue weighted by molar-refractivity contribution is 0.0954. The van der Waals surface area contributed by atoms with E-state index in [1.165, 1.54) is 19.0 Å². The van der Waals surface area contributed by atoms with Crippen molar-refractivity contribution >= 4 is 11.9 Å². The molecule has 6 nitrogen and oxygen atoms in total. The number of carbonyl (C=O) groups excluding carboxylic acids is 1. The van der Waals surface area contributed by atoms with E-state index in [0.29, 0.717) is 30.7 Å². The molecule has 102 valence electrons. The van der Waals surface area contributed by atoms with Gasteiger partial charge in [0, 0.05) is 32.0 Å². The minimum absolute atomic E-state index is 0.141. The molecule has 0 atom stereocenters. The van der Waals surface area contributed by atoms with Crippen LogP contribution in [-0.2, 0) is 0 Å². The number of hydrogen-bond acceptors (Lipinski definition) is 3. The molecule has 6 heteroatoms. The van der Waals surface area contributed by atoms with E-state index in [1.807, 2.05) is 11.9 Å². The van der Waals surface area contributed by atoms with E-state index in [-0.39, 0.29) is 5.91 Å². The number of aliphatic imine (C=N–C) groups is 1. The highest BCUT2D eigenvalue weighted by atomic mass is 16.1. The first kappa shape index (κ1) is 13.3. The van der Waals surface area contributed by atoms with E-state index in [2.05, 4.69) is 15.3 Å². The Morgan fingerprint density at radius 1 is 1.63 bits per heavy atom. The molecule has 1 fully saturated rings. The standard InChI is InChI=1S/C13H19N5O/c1-18(11-4-5-11)13(14)17-8-7-16-12(19)10-3-2-6-15-9-10/h2-3,6,9,11H,4-5,7-8H2,1H3,(H2,14,17)(H,16,19). The summed E-state index contributed by atoms with van der Waals surface area (Å²) in [6.07, 6.45) is 5.54. The number of aromatic nitrogens is 1. The molecule has 3 N–H and O–H groups in total. The topological polar surface area (TPSA) is 83.6 Å². The second-order valence-corrected chi connectivity index (χ2v) is 4.58. The summed E-state index contributed by atoms with van der Waals surface area (Å²) in [5.41, 5.74) is 6.39. The van der Waals surface area contributed by atoms with Crippen molar-refractivity contribution in [3.8, 4) is 0 Å². The van der Waals surface area contributed by atoms with Gasteiger partial charge in [0.15, 0.2) is 5.96 Å². The van der Waals surface area contributed by atoms with E-state index >= 15 is 0 Å². The van der Waals surface area contributed by atoms with Crippen molar-refractivity contribution in [2.24, 2.45) is 10.7 Å². The molecule has 1 heterocycles. The van der Waals surface area contributed by atoms with Crippen LogP contribution in [0.4, 0.5) is 0 Å². The molecule has 1 saturated carbocycles. The average Bonchev–Trinajstić information content (AvgIpc) is 3.27. The van der Waals surface area contributed by atoms with Crippen molar-refractivity contribution in [2.45, 2.75) is 18.9 Å². The average molecular weight is 261 g/mol. The quantitative estimate of drug-likeness (QED) is 0.451. The van der Waals surface area contributed by atoms with Crippen molar-refractivity contribution in [1.29, 1.82) is 0 Å². The highest BCUT2D eigenvalue weighted by molar-refractivity contribution is 5.93. The maximum atomic E-state index is 11.7. The van der Waals surface area contributed by atoms with Gasteiger partial charge in [0.25, 0.3) is 5.91 Å². The van der Waals surface area contributed by atoms with Gasteiger partial charge in [-0.3, -0.25) is 14.8 Å². The number of hydrogen-bond donors (Lipinski definition) is 2. The SMILES string of the molecule is CN(C(N)=NCCNC(=O)c1cccnc1)C1CC1. The van der Waals surface area contributed by atoms with Crippen LogP contribution in [0.2, 0.25) is 0 Å². The number of guanidine groups is 1. The molecule has 19 heavy (non-hydrogen) atoms. The van der Waals surface area contributed by atoms with Crippen molar-refractivity contribution in [3.05, 3.63) is 30.1 Å². The van der Waals surface area contributed by atoms with Crippen LogP contribution in [-0.4, -0.2) is 47.9 Å². The maximum absolute atomic E-state index is 11.7. The van der Waals surface area contributed by atoms with Crippen molar-refractivity contribution in [1.82, 2.24) is 15.2 Å². The van der Waals surface area contributed by atoms with E-state index in [4.69, 9.17) is 5.73 Å². The Balaban J connectivity index is 1.71. The van der Waals surface area contributed by atoms with Gasteiger partial charge in [-0.25, -0.2) is 0 Å². The summed E-state index contributed by atoms with van der Waals surface area (Å²) in [7, 11) is 1.95. The first-order chi connectivity index (χ1) is 9.18. The third kappa shape index (κ3) is 3.94. The Kier molecular flexibility index (Phi) is 4.33. The van der Waals surface area contributed by atoms with Crippen LogP contribution >= 0.6 is 0 Å². The van der Waals surface area contributed by atoms with Gasteiger partial charge in [0.1, 0.15) is 0 Å². The molecule has 1 aliphatic carbocycles. The van der Waals surface area contributed by atoms with Gasteiger partial charge < -0.3 is 16.0 Å². The molecule has 1 aromatic heterocycles. The van der Waals surface area contributed by atoms with Crippen LogP contribution in [0.15, 0.2) is 29.5 Å². The Bertz CT molecular complexity index is 455. The van der Waals surface area contributed by atoms with E-state index in [1.54, 1.807) is 18.3 Å². The largest absolute Gasteiger partial charge is 0.370 e. The number of pyridine rings is 1. The summed E-state index contributed by atoms with van der Waals surface area (Å²) in [6.45, 7) is 0.946. The van der Waals surface area contributed by atoms with E-state index in [9.17, 15) is 4.79 Å². The van der Waals surface area contributed by atoms with Gasteiger partial charge in [0.2, 0.25) is 0 Å². The first-order valence-corrected chi connectivity index (χ1v) is 6.39. The zero-order valence-electron chi connectivity index (χ0n) is 11.0. The molecular formula is C13H19N5O. The summed E-state index contributed by atoms with van der Waals surface area (Å²) < 4.78 is 0. The van der Waals surface area contributed by atoms with Gasteiger partial charge in [-0.15, -0.1) is 0 Å². The van der Waals surface area contributed by atoms with Gasteiger partial charge in [-0.2, -0.15) is 0 Å². The number of nitrogens with two attached hydrogens (primary N) is 1. The van der Waals surface area contributed by atoms with Gasteiger partial charge >= 0.3 is 0 Å². The van der Waals surface area contributed by atoms with Crippen LogP contribution in [0.25, 0.3) is 0 Å². The van der Waals surface area contributed by atoms with Gasteiger partial charge in [-0.1, -0.05) is 0 Å². The zero-order valence-corrected chi connectivity index (χ0v) is 11.0. The monoisotopic (exact) mass is 261 g/mol. The van der Waals surface area contributed by atoms with Crippen molar-refractivity contribution < 1.29 is 4.79 Å². The summed E-state index contributed by atoms with van der Waals surface area (Å²) in [6, 6.07) is 4.00. The number of rotatable bonds is 5. The molecule has 0 aliphatic heterocycles. The Hall–Kier alpha value is -2.11. The predicted molar refractivity (Wildman–Crippen MR) is 73.8 cm³/mol. The molecule has 1 amide bonds. The maximum Gasteiger partial charge on any atom is 0.252 e. The fourth-order valence-electron chi connectivity index (χ4n) is 1.70. The highest BCUT2D eigenvalue weighted by Gasteiger charge is 2.27. The number of nitrogens with one attached hydrogen (secondary N) is 1. The summed E-state index contributed by atoms with van der Waals surface area (Å²) >= 11 is 0. The molecule has 0 saturated heterocycles.